The third-order valence-electron chi connectivity index (χ3n) is 7.19. The van der Waals surface area contributed by atoms with Gasteiger partial charge < -0.3 is 24.0 Å². The molecule has 2 heterocycles. The van der Waals surface area contributed by atoms with E-state index in [1.54, 1.807) is 32.2 Å². The Labute approximate surface area is 277 Å². The first-order valence-electron chi connectivity index (χ1n) is 14.4. The molecule has 1 unspecified atom stereocenters. The van der Waals surface area contributed by atoms with Gasteiger partial charge in [0.25, 0.3) is 0 Å². The Morgan fingerprint density at radius 1 is 0.935 bits per heavy atom. The molecule has 0 radical (unpaired) electrons. The molecule has 0 saturated carbocycles. The molecular weight excluding hydrogens is 635 g/mol. The van der Waals surface area contributed by atoms with E-state index in [1.165, 1.54) is 0 Å². The molecule has 0 bridgehead atoms. The topological polar surface area (TPSA) is 133 Å². The molecule has 4 rings (SSSR count). The van der Waals surface area contributed by atoms with E-state index in [0.717, 1.165) is 28.2 Å². The van der Waals surface area contributed by atoms with Crippen molar-refractivity contribution in [2.24, 2.45) is 0 Å². The van der Waals surface area contributed by atoms with Crippen molar-refractivity contribution in [2.45, 2.75) is 39.4 Å². The Morgan fingerprint density at radius 3 is 1.96 bits per heavy atom. The molecule has 2 aromatic heterocycles. The zero-order valence-corrected chi connectivity index (χ0v) is 27.4. The quantitative estimate of drug-likeness (QED) is 0.0571. The van der Waals surface area contributed by atoms with Crippen molar-refractivity contribution < 1.29 is 23.9 Å². The second-order valence-corrected chi connectivity index (χ2v) is 10.8. The van der Waals surface area contributed by atoms with Crippen LogP contribution in [0.15, 0.2) is 66.9 Å². The molecule has 0 saturated heterocycles. The lowest BCUT2D eigenvalue weighted by molar-refractivity contribution is -0.385. The molecule has 0 aliphatic rings. The Morgan fingerprint density at radius 2 is 1.48 bits per heavy atom. The van der Waals surface area contributed by atoms with Crippen LogP contribution >= 0.6 is 23.2 Å². The number of nitro groups is 1. The lowest BCUT2D eigenvalue weighted by atomic mass is 10.1. The lowest BCUT2D eigenvalue weighted by Crippen LogP contribution is -2.33. The summed E-state index contributed by atoms with van der Waals surface area (Å²) < 4.78 is 15.8. The molecule has 0 N–H and O–H groups in total. The van der Waals surface area contributed by atoms with Crippen LogP contribution in [0.2, 0.25) is 10.3 Å². The number of rotatable bonds is 15. The number of carbonyl (C=O) groups excluding carboxylic acids is 1. The number of anilines is 2. The highest BCUT2D eigenvalue weighted by Crippen LogP contribution is 2.36. The van der Waals surface area contributed by atoms with Gasteiger partial charge in [0, 0.05) is 31.4 Å². The number of aromatic nitrogens is 3. The summed E-state index contributed by atoms with van der Waals surface area (Å²) in [5.41, 5.74) is 2.23. The number of hydrogen-bond acceptors (Lipinski definition) is 11. The second kappa shape index (κ2) is 16.1. The third kappa shape index (κ3) is 8.52. The Bertz CT molecular complexity index is 1570. The van der Waals surface area contributed by atoms with E-state index in [0.29, 0.717) is 18.9 Å². The summed E-state index contributed by atoms with van der Waals surface area (Å²) >= 11 is 12.4. The van der Waals surface area contributed by atoms with Crippen LogP contribution in [0.4, 0.5) is 17.5 Å². The van der Waals surface area contributed by atoms with Gasteiger partial charge in [-0.05, 0) is 55.3 Å². The first kappa shape index (κ1) is 34.2. The number of benzene rings is 2. The predicted octanol–water partition coefficient (Wildman–Crippen LogP) is 6.83. The number of nitrogens with zero attached hydrogens (tertiary/aromatic N) is 6. The zero-order valence-electron chi connectivity index (χ0n) is 25.9. The minimum atomic E-state index is -0.740. The molecule has 4 aromatic rings. The summed E-state index contributed by atoms with van der Waals surface area (Å²) in [4.78, 5) is 40.3. The van der Waals surface area contributed by atoms with Gasteiger partial charge in [0.2, 0.25) is 16.3 Å². The average Bonchev–Trinajstić information content (AvgIpc) is 3.04. The summed E-state index contributed by atoms with van der Waals surface area (Å²) in [5.74, 6) is 1.75. The number of esters is 1. The molecule has 0 aliphatic heterocycles. The molecule has 0 aliphatic carbocycles. The van der Waals surface area contributed by atoms with Crippen LogP contribution in [0.5, 0.6) is 11.5 Å². The van der Waals surface area contributed by atoms with Gasteiger partial charge in [-0.25, -0.2) is 4.98 Å². The summed E-state index contributed by atoms with van der Waals surface area (Å²) in [6.07, 6.45) is 1.70. The molecule has 0 fully saturated rings. The molecule has 242 valence electrons. The van der Waals surface area contributed by atoms with Crippen LogP contribution in [0, 0.1) is 10.1 Å². The summed E-state index contributed by atoms with van der Waals surface area (Å²) in [7, 11) is 3.24. The van der Waals surface area contributed by atoms with Gasteiger partial charge in [-0.2, -0.15) is 9.97 Å². The van der Waals surface area contributed by atoms with Crippen molar-refractivity contribution in [2.75, 3.05) is 37.2 Å². The molecule has 2 aromatic carbocycles. The second-order valence-electron chi connectivity index (χ2n) is 10.1. The fourth-order valence-corrected chi connectivity index (χ4v) is 5.37. The number of carbonyl (C=O) groups is 1. The van der Waals surface area contributed by atoms with E-state index in [4.69, 9.17) is 42.4 Å². The van der Waals surface area contributed by atoms with E-state index in [2.05, 4.69) is 14.9 Å². The van der Waals surface area contributed by atoms with Gasteiger partial charge in [0.1, 0.15) is 17.3 Å². The highest BCUT2D eigenvalue weighted by atomic mass is 35.5. The fourth-order valence-electron chi connectivity index (χ4n) is 4.86. The van der Waals surface area contributed by atoms with Crippen LogP contribution in [-0.4, -0.2) is 53.2 Å². The Kier molecular flexibility index (Phi) is 11.9. The maximum atomic E-state index is 12.4. The van der Waals surface area contributed by atoms with E-state index >= 15 is 0 Å². The predicted molar refractivity (Wildman–Crippen MR) is 176 cm³/mol. The van der Waals surface area contributed by atoms with Crippen LogP contribution < -0.4 is 19.3 Å². The van der Waals surface area contributed by atoms with Gasteiger partial charge in [-0.15, -0.1) is 0 Å². The fraction of sp³-hybridized carbons (Fsp3) is 0.312. The van der Waals surface area contributed by atoms with Crippen LogP contribution in [0.1, 0.15) is 43.0 Å². The normalized spacial score (nSPS) is 11.4. The third-order valence-corrected chi connectivity index (χ3v) is 7.71. The molecule has 1 atom stereocenters. The van der Waals surface area contributed by atoms with Crippen LogP contribution in [-0.2, 0) is 22.6 Å². The SMILES string of the molecule is CCOC(=O)CCN(c1nc(Cl)c([N+](=O)[O-])c(Cl)n1)C(C)c1cccnc1N(Cc1ccc(OC)cc1)Cc1ccc(OC)cc1. The molecular formula is C32H34Cl2N6O6. The molecule has 46 heavy (non-hydrogen) atoms. The summed E-state index contributed by atoms with van der Waals surface area (Å²) in [6, 6.07) is 18.8. The number of pyridine rings is 1. The van der Waals surface area contributed by atoms with Gasteiger partial charge >= 0.3 is 11.7 Å². The summed E-state index contributed by atoms with van der Waals surface area (Å²) in [5, 5.41) is 10.7. The molecule has 14 heteroatoms. The number of methoxy groups -OCH3 is 2. The molecule has 12 nitrogen and oxygen atoms in total. The largest absolute Gasteiger partial charge is 0.497 e. The Balaban J connectivity index is 1.78. The van der Waals surface area contributed by atoms with Gasteiger partial charge in [0.15, 0.2) is 0 Å². The first-order valence-corrected chi connectivity index (χ1v) is 15.2. The van der Waals surface area contributed by atoms with E-state index < -0.39 is 32.9 Å². The minimum absolute atomic E-state index is 0.00915. The smallest absolute Gasteiger partial charge is 0.343 e. The van der Waals surface area contributed by atoms with E-state index in [9.17, 15) is 14.9 Å². The van der Waals surface area contributed by atoms with Crippen molar-refractivity contribution in [1.29, 1.82) is 0 Å². The highest BCUT2D eigenvalue weighted by molar-refractivity contribution is 6.36. The van der Waals surface area contributed by atoms with Crippen LogP contribution in [0.25, 0.3) is 0 Å². The van der Waals surface area contributed by atoms with Crippen molar-refractivity contribution in [3.63, 3.8) is 0 Å². The monoisotopic (exact) mass is 668 g/mol. The van der Waals surface area contributed by atoms with Gasteiger partial charge in [0.05, 0.1) is 38.2 Å². The van der Waals surface area contributed by atoms with E-state index in [-0.39, 0.29) is 25.5 Å². The van der Waals surface area contributed by atoms with Crippen molar-refractivity contribution in [3.8, 4) is 11.5 Å². The summed E-state index contributed by atoms with van der Waals surface area (Å²) in [6.45, 7) is 4.95. The maximum absolute atomic E-state index is 12.4. The lowest BCUT2D eigenvalue weighted by Gasteiger charge is -2.33. The van der Waals surface area contributed by atoms with Gasteiger partial charge in [-0.3, -0.25) is 14.9 Å². The van der Waals surface area contributed by atoms with Crippen molar-refractivity contribution in [3.05, 3.63) is 104 Å². The number of hydrogen-bond donors (Lipinski definition) is 0. The minimum Gasteiger partial charge on any atom is -0.497 e. The zero-order chi connectivity index (χ0) is 33.2. The van der Waals surface area contributed by atoms with Crippen molar-refractivity contribution in [1.82, 2.24) is 15.0 Å². The highest BCUT2D eigenvalue weighted by Gasteiger charge is 2.29. The van der Waals surface area contributed by atoms with Crippen LogP contribution in [0.3, 0.4) is 0 Å². The maximum Gasteiger partial charge on any atom is 0.343 e. The van der Waals surface area contributed by atoms with Crippen molar-refractivity contribution >= 4 is 46.6 Å². The Hall–Kier alpha value is -4.68. The number of halogens is 2. The van der Waals surface area contributed by atoms with Gasteiger partial charge in [-0.1, -0.05) is 53.5 Å². The average molecular weight is 670 g/mol. The molecule has 0 amide bonds. The first-order chi connectivity index (χ1) is 22.1. The molecule has 0 spiro atoms. The standard InChI is InChI=1S/C32H34Cl2N6O6/c1-5-46-27(41)16-18-39(32-36-29(33)28(40(42)43)30(34)37-32)21(2)26-7-6-17-35-31(26)38(19-22-8-12-24(44-3)13-9-22)20-23-10-14-25(45-4)15-11-23/h6-15,17,21H,5,16,18-20H2,1-4H3. The van der Waals surface area contributed by atoms with E-state index in [1.807, 2.05) is 67.6 Å². The number of ether oxygens (including phenoxy) is 3.